The molecule has 0 spiro atoms. The summed E-state index contributed by atoms with van der Waals surface area (Å²) in [5.41, 5.74) is 3.00. The maximum atomic E-state index is 13.3. The number of aryl methyl sites for hydroxylation is 1. The molecule has 4 rings (SSSR count). The van der Waals surface area contributed by atoms with Gasteiger partial charge in [0.25, 0.3) is 6.43 Å². The van der Waals surface area contributed by atoms with E-state index in [9.17, 15) is 23.5 Å². The highest BCUT2D eigenvalue weighted by Crippen LogP contribution is 2.31. The Balaban J connectivity index is 1.78. The van der Waals surface area contributed by atoms with Gasteiger partial charge in [0.15, 0.2) is 0 Å². The first kappa shape index (κ1) is 22.7. The molecule has 33 heavy (non-hydrogen) atoms. The van der Waals surface area contributed by atoms with Crippen LogP contribution in [0.4, 0.5) is 13.6 Å². The molecule has 1 N–H and O–H groups in total. The van der Waals surface area contributed by atoms with E-state index in [1.807, 2.05) is 0 Å². The summed E-state index contributed by atoms with van der Waals surface area (Å²) in [7, 11) is 1.32. The minimum Gasteiger partial charge on any atom is -0.478 e. The van der Waals surface area contributed by atoms with E-state index < -0.39 is 18.5 Å². The number of fused-ring (bicyclic) bond motifs is 1. The maximum absolute atomic E-state index is 13.3. The van der Waals surface area contributed by atoms with Crippen molar-refractivity contribution in [1.82, 2.24) is 14.3 Å². The molecule has 3 heterocycles. The average Bonchev–Trinajstić information content (AvgIpc) is 3.15. The van der Waals surface area contributed by atoms with Crippen LogP contribution in [0.3, 0.4) is 0 Å². The standard InChI is InChI=1S/C23H23F2N3O5/c1-13-9-15(22(29)30)3-4-17(13)20-18(11-16-12-27(7-8-33-16)23(31)32-2)28-6-5-14(21(24)25)10-19(28)26-20/h3-6,9-10,16,21H,7-8,11-12H2,1-2H3,(H,29,30). The molecule has 2 aromatic heterocycles. The maximum Gasteiger partial charge on any atom is 0.409 e. The fourth-order valence-electron chi connectivity index (χ4n) is 4.07. The summed E-state index contributed by atoms with van der Waals surface area (Å²) in [6.07, 6.45) is -1.53. The number of nitrogens with zero attached hydrogens (tertiary/aromatic N) is 3. The second kappa shape index (κ2) is 9.14. The number of aromatic carboxylic acids is 1. The molecule has 3 aromatic rings. The number of halogens is 2. The number of ether oxygens (including phenoxy) is 2. The van der Waals surface area contributed by atoms with Crippen LogP contribution >= 0.6 is 0 Å². The third kappa shape index (κ3) is 4.51. The number of aromatic nitrogens is 2. The summed E-state index contributed by atoms with van der Waals surface area (Å²) in [6, 6.07) is 7.38. The Morgan fingerprint density at radius 3 is 2.76 bits per heavy atom. The topological polar surface area (TPSA) is 93.4 Å². The molecular weight excluding hydrogens is 436 g/mol. The Morgan fingerprint density at radius 1 is 1.30 bits per heavy atom. The zero-order chi connectivity index (χ0) is 23.7. The van der Waals surface area contributed by atoms with E-state index in [2.05, 4.69) is 4.98 Å². The van der Waals surface area contributed by atoms with Crippen LogP contribution in [0.2, 0.25) is 0 Å². The van der Waals surface area contributed by atoms with E-state index in [4.69, 9.17) is 9.47 Å². The molecule has 0 saturated carbocycles. The van der Waals surface area contributed by atoms with Crippen LogP contribution in [-0.2, 0) is 15.9 Å². The lowest BCUT2D eigenvalue weighted by Gasteiger charge is -2.32. The predicted molar refractivity (Wildman–Crippen MR) is 115 cm³/mol. The molecule has 1 aromatic carbocycles. The fourth-order valence-corrected chi connectivity index (χ4v) is 4.07. The van der Waals surface area contributed by atoms with E-state index in [-0.39, 0.29) is 17.2 Å². The Kier molecular flexibility index (Phi) is 6.28. The van der Waals surface area contributed by atoms with Gasteiger partial charge in [-0.15, -0.1) is 0 Å². The van der Waals surface area contributed by atoms with Gasteiger partial charge in [-0.2, -0.15) is 0 Å². The number of morpholine rings is 1. The number of carbonyl (C=O) groups excluding carboxylic acids is 1. The first-order chi connectivity index (χ1) is 15.8. The van der Waals surface area contributed by atoms with Gasteiger partial charge >= 0.3 is 12.1 Å². The van der Waals surface area contributed by atoms with Crippen LogP contribution in [-0.4, -0.2) is 64.4 Å². The van der Waals surface area contributed by atoms with Crippen molar-refractivity contribution in [3.63, 3.8) is 0 Å². The van der Waals surface area contributed by atoms with Crippen molar-refractivity contribution in [3.8, 4) is 11.3 Å². The number of alkyl halides is 2. The molecule has 174 valence electrons. The molecule has 1 unspecified atom stereocenters. The lowest BCUT2D eigenvalue weighted by atomic mass is 9.99. The van der Waals surface area contributed by atoms with Gasteiger partial charge in [-0.25, -0.2) is 23.4 Å². The summed E-state index contributed by atoms with van der Waals surface area (Å²) in [6.45, 7) is 2.84. The highest BCUT2D eigenvalue weighted by atomic mass is 19.3. The Labute approximate surface area is 188 Å². The number of hydrogen-bond acceptors (Lipinski definition) is 5. The normalized spacial score (nSPS) is 16.4. The van der Waals surface area contributed by atoms with E-state index in [0.717, 1.165) is 0 Å². The number of hydrogen-bond donors (Lipinski definition) is 1. The average molecular weight is 459 g/mol. The minimum absolute atomic E-state index is 0.144. The van der Waals surface area contributed by atoms with Gasteiger partial charge in [0.2, 0.25) is 0 Å². The van der Waals surface area contributed by atoms with Gasteiger partial charge in [-0.3, -0.25) is 0 Å². The lowest BCUT2D eigenvalue weighted by molar-refractivity contribution is -0.0241. The first-order valence-electron chi connectivity index (χ1n) is 10.4. The van der Waals surface area contributed by atoms with Crippen molar-refractivity contribution in [1.29, 1.82) is 0 Å². The van der Waals surface area contributed by atoms with Gasteiger partial charge in [0.05, 0.1) is 43.3 Å². The molecule has 1 fully saturated rings. The molecule has 10 heteroatoms. The molecule has 1 saturated heterocycles. The third-order valence-electron chi connectivity index (χ3n) is 5.72. The number of benzene rings is 1. The molecule has 0 bridgehead atoms. The van der Waals surface area contributed by atoms with E-state index >= 15 is 0 Å². The minimum atomic E-state index is -2.63. The zero-order valence-electron chi connectivity index (χ0n) is 18.1. The van der Waals surface area contributed by atoms with Crippen molar-refractivity contribution in [3.05, 3.63) is 58.9 Å². The Bertz CT molecular complexity index is 1210. The Morgan fingerprint density at radius 2 is 2.09 bits per heavy atom. The van der Waals surface area contributed by atoms with Crippen molar-refractivity contribution in [2.75, 3.05) is 26.8 Å². The number of carboxylic acids is 1. The number of imidazole rings is 1. The summed E-state index contributed by atoms with van der Waals surface area (Å²) in [5, 5.41) is 9.28. The molecule has 1 aliphatic heterocycles. The van der Waals surface area contributed by atoms with Crippen LogP contribution < -0.4 is 0 Å². The molecule has 0 aliphatic carbocycles. The van der Waals surface area contributed by atoms with Crippen LogP contribution in [0, 0.1) is 6.92 Å². The number of methoxy groups -OCH3 is 1. The van der Waals surface area contributed by atoms with Crippen molar-refractivity contribution in [2.45, 2.75) is 25.9 Å². The molecule has 0 radical (unpaired) electrons. The van der Waals surface area contributed by atoms with E-state index in [0.29, 0.717) is 54.3 Å². The fraction of sp³-hybridized carbons (Fsp3) is 0.348. The third-order valence-corrected chi connectivity index (χ3v) is 5.72. The molecule has 1 aliphatic rings. The molecular formula is C23H23F2N3O5. The van der Waals surface area contributed by atoms with Gasteiger partial charge in [-0.1, -0.05) is 6.07 Å². The number of rotatable bonds is 5. The molecule has 1 atom stereocenters. The van der Waals surface area contributed by atoms with Crippen LogP contribution in [0.1, 0.15) is 33.6 Å². The largest absolute Gasteiger partial charge is 0.478 e. The zero-order valence-corrected chi connectivity index (χ0v) is 18.1. The van der Waals surface area contributed by atoms with Gasteiger partial charge in [0, 0.05) is 30.3 Å². The monoisotopic (exact) mass is 459 g/mol. The van der Waals surface area contributed by atoms with Gasteiger partial charge < -0.3 is 23.9 Å². The quantitative estimate of drug-likeness (QED) is 0.621. The van der Waals surface area contributed by atoms with Gasteiger partial charge in [-0.05, 0) is 36.8 Å². The molecule has 1 amide bonds. The summed E-state index contributed by atoms with van der Waals surface area (Å²) in [4.78, 5) is 29.5. The summed E-state index contributed by atoms with van der Waals surface area (Å²) < 4.78 is 39.0. The number of pyridine rings is 1. The van der Waals surface area contributed by atoms with Crippen molar-refractivity contribution in [2.24, 2.45) is 0 Å². The van der Waals surface area contributed by atoms with E-state index in [1.54, 1.807) is 34.6 Å². The molecule has 8 nitrogen and oxygen atoms in total. The summed E-state index contributed by atoms with van der Waals surface area (Å²) >= 11 is 0. The van der Waals surface area contributed by atoms with E-state index in [1.165, 1.54) is 25.3 Å². The Hall–Kier alpha value is -3.53. The number of amides is 1. The van der Waals surface area contributed by atoms with Crippen LogP contribution in [0.15, 0.2) is 36.5 Å². The smallest absolute Gasteiger partial charge is 0.409 e. The van der Waals surface area contributed by atoms with Crippen LogP contribution in [0.25, 0.3) is 16.9 Å². The highest BCUT2D eigenvalue weighted by Gasteiger charge is 2.28. The van der Waals surface area contributed by atoms with Crippen molar-refractivity contribution < 1.29 is 33.0 Å². The number of carbonyl (C=O) groups is 2. The first-order valence-corrected chi connectivity index (χ1v) is 10.4. The second-order valence-corrected chi connectivity index (χ2v) is 7.84. The predicted octanol–water partition coefficient (Wildman–Crippen LogP) is 3.96. The highest BCUT2D eigenvalue weighted by molar-refractivity contribution is 5.89. The second-order valence-electron chi connectivity index (χ2n) is 7.84. The summed E-state index contributed by atoms with van der Waals surface area (Å²) in [5.74, 6) is -1.04. The lowest BCUT2D eigenvalue weighted by Crippen LogP contribution is -2.46. The van der Waals surface area contributed by atoms with Crippen LogP contribution in [0.5, 0.6) is 0 Å². The van der Waals surface area contributed by atoms with Gasteiger partial charge in [0.1, 0.15) is 5.65 Å². The van der Waals surface area contributed by atoms with Crippen molar-refractivity contribution >= 4 is 17.7 Å². The SMILES string of the molecule is COC(=O)N1CCOC(Cc2c(-c3ccc(C(=O)O)cc3C)nc3cc(C(F)F)ccn23)C1. The number of carboxylic acid groups (broad SMARTS) is 1.